The van der Waals surface area contributed by atoms with Crippen LogP contribution in [-0.2, 0) is 0 Å². The number of aromatic nitrogens is 2. The Bertz CT molecular complexity index is 1060. The first-order chi connectivity index (χ1) is 14.0. The van der Waals surface area contributed by atoms with Crippen LogP contribution in [0.4, 0.5) is 4.39 Å². The second-order valence-corrected chi connectivity index (χ2v) is 6.76. The summed E-state index contributed by atoms with van der Waals surface area (Å²) in [6, 6.07) is 11.6. The summed E-state index contributed by atoms with van der Waals surface area (Å²) in [7, 11) is 1.48. The molecule has 1 amide bonds. The predicted molar refractivity (Wildman–Crippen MR) is 109 cm³/mol. The van der Waals surface area contributed by atoms with Gasteiger partial charge in [-0.25, -0.2) is 10.4 Å². The van der Waals surface area contributed by atoms with Crippen LogP contribution >= 0.6 is 27.5 Å². The van der Waals surface area contributed by atoms with Gasteiger partial charge in [0, 0.05) is 4.47 Å². The topological polar surface area (TPSA) is 85.7 Å². The van der Waals surface area contributed by atoms with Crippen molar-refractivity contribution in [2.75, 3.05) is 7.11 Å². The number of halogens is 3. The number of carbonyl (C=O) groups excluding carboxylic acids is 1. The Morgan fingerprint density at radius 3 is 2.76 bits per heavy atom. The van der Waals surface area contributed by atoms with Gasteiger partial charge in [0.25, 0.3) is 11.8 Å². The van der Waals surface area contributed by atoms with E-state index in [4.69, 9.17) is 21.1 Å². The van der Waals surface area contributed by atoms with Gasteiger partial charge in [-0.05, 0) is 59.6 Å². The number of nitrogens with zero attached hydrogens (tertiary/aromatic N) is 3. The Hall–Kier alpha value is -3.04. The number of hydrogen-bond donors (Lipinski definition) is 1. The van der Waals surface area contributed by atoms with Gasteiger partial charge in [0.2, 0.25) is 11.1 Å². The van der Waals surface area contributed by atoms with Crippen molar-refractivity contribution in [3.63, 3.8) is 0 Å². The van der Waals surface area contributed by atoms with E-state index in [1.807, 2.05) is 0 Å². The van der Waals surface area contributed by atoms with Crippen LogP contribution in [0.25, 0.3) is 0 Å². The largest absolute Gasteiger partial charge is 0.496 e. The van der Waals surface area contributed by atoms with Crippen molar-refractivity contribution in [2.24, 2.45) is 5.10 Å². The maximum Gasteiger partial charge on any atom is 0.275 e. The third kappa shape index (κ3) is 5.49. The lowest BCUT2D eigenvalue weighted by Gasteiger charge is -2.07. The summed E-state index contributed by atoms with van der Waals surface area (Å²) in [6.45, 7) is 0. The van der Waals surface area contributed by atoms with Crippen molar-refractivity contribution in [1.29, 1.82) is 0 Å². The van der Waals surface area contributed by atoms with Gasteiger partial charge in [-0.2, -0.15) is 14.5 Å². The number of rotatable bonds is 6. The summed E-state index contributed by atoms with van der Waals surface area (Å²) in [6.07, 6.45) is 2.38. The van der Waals surface area contributed by atoms with E-state index >= 15 is 0 Å². The number of carbonyl (C=O) groups is 1. The lowest BCUT2D eigenvalue weighted by Crippen LogP contribution is -2.18. The molecule has 1 heterocycles. The normalized spacial score (nSPS) is 10.8. The van der Waals surface area contributed by atoms with Crippen LogP contribution in [-0.4, -0.2) is 29.2 Å². The molecule has 7 nitrogen and oxygen atoms in total. The number of nitrogens with one attached hydrogen (secondary N) is 1. The van der Waals surface area contributed by atoms with Crippen molar-refractivity contribution in [3.05, 3.63) is 75.4 Å². The Kier molecular flexibility index (Phi) is 6.73. The molecule has 10 heteroatoms. The fourth-order valence-corrected chi connectivity index (χ4v) is 2.71. The molecule has 0 spiro atoms. The average Bonchev–Trinajstić information content (AvgIpc) is 2.72. The van der Waals surface area contributed by atoms with Crippen LogP contribution in [0.15, 0.2) is 58.2 Å². The van der Waals surface area contributed by atoms with Gasteiger partial charge in [-0.3, -0.25) is 4.79 Å². The minimum Gasteiger partial charge on any atom is -0.496 e. The molecule has 29 heavy (non-hydrogen) atoms. The number of amides is 1. The summed E-state index contributed by atoms with van der Waals surface area (Å²) in [5, 5.41) is 3.81. The molecule has 3 aromatic rings. The van der Waals surface area contributed by atoms with Crippen LogP contribution < -0.4 is 14.9 Å². The molecule has 0 aliphatic heterocycles. The highest BCUT2D eigenvalue weighted by molar-refractivity contribution is 9.10. The Balaban J connectivity index is 1.64. The first-order valence-corrected chi connectivity index (χ1v) is 9.26. The highest BCUT2D eigenvalue weighted by atomic mass is 79.9. The maximum atomic E-state index is 13.6. The summed E-state index contributed by atoms with van der Waals surface area (Å²) in [4.78, 5) is 19.5. The van der Waals surface area contributed by atoms with E-state index in [1.54, 1.807) is 42.5 Å². The lowest BCUT2D eigenvalue weighted by molar-refractivity contribution is 0.0952. The number of benzene rings is 2. The Morgan fingerprint density at radius 2 is 2.03 bits per heavy atom. The zero-order valence-electron chi connectivity index (χ0n) is 14.9. The predicted octanol–water partition coefficient (Wildman–Crippen LogP) is 4.60. The minimum absolute atomic E-state index is 0.122. The van der Waals surface area contributed by atoms with Gasteiger partial charge >= 0.3 is 0 Å². The van der Waals surface area contributed by atoms with E-state index in [0.717, 1.165) is 10.7 Å². The molecule has 0 fully saturated rings. The van der Waals surface area contributed by atoms with Gasteiger partial charge in [-0.15, -0.1) is 0 Å². The van der Waals surface area contributed by atoms with Crippen LogP contribution in [0.1, 0.15) is 15.9 Å². The zero-order valence-corrected chi connectivity index (χ0v) is 17.2. The smallest absolute Gasteiger partial charge is 0.275 e. The monoisotopic (exact) mass is 478 g/mol. The van der Waals surface area contributed by atoms with Crippen molar-refractivity contribution < 1.29 is 18.7 Å². The molecule has 0 unspecified atom stereocenters. The maximum absolute atomic E-state index is 13.6. The second-order valence-electron chi connectivity index (χ2n) is 5.51. The standard InChI is InChI=1S/C19H13BrClFN4O3/c1-28-16-7-4-12(20)8-14(16)17(27)26-24-9-11-2-5-13(6-3-11)29-18-15(22)10-23-19(21)25-18/h2-10H,1H3,(H,26,27)/b24-9+. The van der Waals surface area contributed by atoms with Gasteiger partial charge in [0.15, 0.2) is 0 Å². The van der Waals surface area contributed by atoms with E-state index in [0.29, 0.717) is 22.6 Å². The van der Waals surface area contributed by atoms with Crippen LogP contribution in [0.5, 0.6) is 17.4 Å². The third-order valence-electron chi connectivity index (χ3n) is 3.56. The Labute approximate surface area is 178 Å². The molecular weight excluding hydrogens is 467 g/mol. The summed E-state index contributed by atoms with van der Waals surface area (Å²) >= 11 is 8.94. The highest BCUT2D eigenvalue weighted by Gasteiger charge is 2.12. The molecule has 148 valence electrons. The second kappa shape index (κ2) is 9.44. The molecule has 1 aromatic heterocycles. The molecule has 1 N–H and O–H groups in total. The number of methoxy groups -OCH3 is 1. The Morgan fingerprint density at radius 1 is 1.28 bits per heavy atom. The fourth-order valence-electron chi connectivity index (χ4n) is 2.22. The summed E-state index contributed by atoms with van der Waals surface area (Å²) in [5.41, 5.74) is 3.46. The van der Waals surface area contributed by atoms with Crippen LogP contribution in [0.3, 0.4) is 0 Å². The van der Waals surface area contributed by atoms with E-state index in [9.17, 15) is 9.18 Å². The first kappa shape index (κ1) is 20.7. The van der Waals surface area contributed by atoms with Crippen molar-refractivity contribution in [2.45, 2.75) is 0 Å². The molecule has 0 radical (unpaired) electrons. The van der Waals surface area contributed by atoms with E-state index in [-0.39, 0.29) is 11.2 Å². The lowest BCUT2D eigenvalue weighted by atomic mass is 10.2. The fraction of sp³-hybridized carbons (Fsp3) is 0.0526. The van der Waals surface area contributed by atoms with Gasteiger partial charge in [-0.1, -0.05) is 15.9 Å². The first-order valence-electron chi connectivity index (χ1n) is 8.09. The molecule has 0 bridgehead atoms. The van der Waals surface area contributed by atoms with Crippen molar-refractivity contribution >= 4 is 39.7 Å². The van der Waals surface area contributed by atoms with Crippen LogP contribution in [0, 0.1) is 5.82 Å². The quantitative estimate of drug-likeness (QED) is 0.317. The zero-order chi connectivity index (χ0) is 20.8. The molecule has 2 aromatic carbocycles. The van der Waals surface area contributed by atoms with E-state index in [2.05, 4.69) is 36.4 Å². The molecule has 3 rings (SSSR count). The summed E-state index contributed by atoms with van der Waals surface area (Å²) < 4.78 is 24.9. The van der Waals surface area contributed by atoms with Crippen molar-refractivity contribution in [3.8, 4) is 17.4 Å². The number of hydrogen-bond acceptors (Lipinski definition) is 6. The average molecular weight is 480 g/mol. The molecule has 0 atom stereocenters. The molecule has 0 saturated heterocycles. The molecule has 0 aliphatic rings. The number of hydrazone groups is 1. The van der Waals surface area contributed by atoms with Crippen molar-refractivity contribution in [1.82, 2.24) is 15.4 Å². The van der Waals surface area contributed by atoms with E-state index in [1.165, 1.54) is 13.3 Å². The van der Waals surface area contributed by atoms with Gasteiger partial charge < -0.3 is 9.47 Å². The summed E-state index contributed by atoms with van der Waals surface area (Å²) in [5.74, 6) is -0.652. The molecule has 0 saturated carbocycles. The van der Waals surface area contributed by atoms with Gasteiger partial charge in [0.05, 0.1) is 25.1 Å². The molecule has 0 aliphatic carbocycles. The van der Waals surface area contributed by atoms with Gasteiger partial charge in [0.1, 0.15) is 11.5 Å². The SMILES string of the molecule is COc1ccc(Br)cc1C(=O)N/N=C/c1ccc(Oc2nc(Cl)ncc2F)cc1. The number of ether oxygens (including phenoxy) is 2. The molecular formula is C19H13BrClFN4O3. The third-order valence-corrected chi connectivity index (χ3v) is 4.24. The van der Waals surface area contributed by atoms with Crippen LogP contribution in [0.2, 0.25) is 5.28 Å². The van der Waals surface area contributed by atoms with E-state index < -0.39 is 11.7 Å². The minimum atomic E-state index is -0.731. The highest BCUT2D eigenvalue weighted by Crippen LogP contribution is 2.24.